The third kappa shape index (κ3) is 4.72. The molecule has 0 saturated heterocycles. The first-order valence-corrected chi connectivity index (χ1v) is 9.05. The third-order valence-electron chi connectivity index (χ3n) is 4.15. The molecule has 0 aliphatic rings. The van der Waals surface area contributed by atoms with Gasteiger partial charge in [-0.05, 0) is 25.1 Å². The molecule has 29 heavy (non-hydrogen) atoms. The van der Waals surface area contributed by atoms with E-state index in [9.17, 15) is 14.4 Å². The number of carbonyl (C=O) groups excluding carboxylic acids is 3. The molecule has 2 aromatic heterocycles. The van der Waals surface area contributed by atoms with Crippen LogP contribution in [-0.4, -0.2) is 40.6 Å². The number of benzene rings is 1. The van der Waals surface area contributed by atoms with Gasteiger partial charge in [-0.3, -0.25) is 9.59 Å². The average Bonchev–Trinajstić information content (AvgIpc) is 3.07. The second kappa shape index (κ2) is 8.74. The number of pyridine rings is 1. The van der Waals surface area contributed by atoms with E-state index in [4.69, 9.17) is 21.1 Å². The van der Waals surface area contributed by atoms with Crippen LogP contribution in [0.25, 0.3) is 10.9 Å². The quantitative estimate of drug-likeness (QED) is 0.621. The second-order valence-electron chi connectivity index (χ2n) is 6.16. The summed E-state index contributed by atoms with van der Waals surface area (Å²) in [6.07, 6.45) is 1.88. The Bertz CT molecular complexity index is 1060. The summed E-state index contributed by atoms with van der Waals surface area (Å²) in [6, 6.07) is 10.2. The van der Waals surface area contributed by atoms with Gasteiger partial charge in [0, 0.05) is 23.3 Å². The number of halogens is 1. The summed E-state index contributed by atoms with van der Waals surface area (Å²) in [5.41, 5.74) is 1.02. The van der Waals surface area contributed by atoms with Crippen molar-refractivity contribution in [3.05, 3.63) is 59.4 Å². The molecule has 0 bridgehead atoms. The maximum Gasteiger partial charge on any atom is 0.340 e. The van der Waals surface area contributed by atoms with Crippen LogP contribution in [0.15, 0.2) is 48.8 Å². The monoisotopic (exact) mass is 415 g/mol. The van der Waals surface area contributed by atoms with Gasteiger partial charge in [-0.2, -0.15) is 0 Å². The van der Waals surface area contributed by atoms with Gasteiger partial charge < -0.3 is 19.4 Å². The number of ether oxygens (including phenoxy) is 2. The number of nitrogens with zero attached hydrogens (tertiary/aromatic N) is 2. The molecule has 0 fully saturated rings. The van der Waals surface area contributed by atoms with E-state index in [1.54, 1.807) is 34.9 Å². The number of anilines is 1. The van der Waals surface area contributed by atoms with Gasteiger partial charge in [0.2, 0.25) is 0 Å². The summed E-state index contributed by atoms with van der Waals surface area (Å²) in [6.45, 7) is 1.28. The Kier molecular flexibility index (Phi) is 6.13. The molecule has 3 aromatic rings. The first-order valence-electron chi connectivity index (χ1n) is 8.67. The molecule has 1 amide bonds. The van der Waals surface area contributed by atoms with Gasteiger partial charge in [0.05, 0.1) is 17.7 Å². The molecule has 8 nitrogen and oxygen atoms in total. The minimum Gasteiger partial charge on any atom is -0.465 e. The van der Waals surface area contributed by atoms with Crippen LogP contribution in [0.4, 0.5) is 5.82 Å². The van der Waals surface area contributed by atoms with E-state index in [1.807, 2.05) is 0 Å². The van der Waals surface area contributed by atoms with Crippen LogP contribution in [0, 0.1) is 0 Å². The van der Waals surface area contributed by atoms with Crippen molar-refractivity contribution in [2.75, 3.05) is 12.4 Å². The normalized spacial score (nSPS) is 11.7. The number of carbonyl (C=O) groups is 3. The van der Waals surface area contributed by atoms with Crippen LogP contribution in [0.5, 0.6) is 0 Å². The highest BCUT2D eigenvalue weighted by Crippen LogP contribution is 2.22. The number of methoxy groups -OCH3 is 1. The van der Waals surface area contributed by atoms with Crippen molar-refractivity contribution in [1.29, 1.82) is 0 Å². The van der Waals surface area contributed by atoms with Gasteiger partial charge in [-0.15, -0.1) is 0 Å². The summed E-state index contributed by atoms with van der Waals surface area (Å²) < 4.78 is 11.6. The number of aromatic nitrogens is 2. The molecule has 1 N–H and O–H groups in total. The zero-order valence-electron chi connectivity index (χ0n) is 15.7. The molecule has 150 valence electrons. The van der Waals surface area contributed by atoms with Crippen LogP contribution in [0.1, 0.15) is 17.3 Å². The number of nitrogens with one attached hydrogen (secondary N) is 1. The maximum atomic E-state index is 12.3. The minimum atomic E-state index is -1.04. The van der Waals surface area contributed by atoms with Crippen LogP contribution >= 0.6 is 11.6 Å². The predicted molar refractivity (Wildman–Crippen MR) is 107 cm³/mol. The lowest BCUT2D eigenvalue weighted by Crippen LogP contribution is -2.31. The van der Waals surface area contributed by atoms with Crippen molar-refractivity contribution in [3.8, 4) is 0 Å². The van der Waals surface area contributed by atoms with Gasteiger partial charge >= 0.3 is 11.9 Å². The Morgan fingerprint density at radius 2 is 1.97 bits per heavy atom. The third-order valence-corrected chi connectivity index (χ3v) is 4.37. The fourth-order valence-electron chi connectivity index (χ4n) is 2.75. The first kappa shape index (κ1) is 20.3. The Labute approximate surface area is 171 Å². The molecule has 2 heterocycles. The van der Waals surface area contributed by atoms with Gasteiger partial charge in [0.1, 0.15) is 12.4 Å². The maximum absolute atomic E-state index is 12.3. The average molecular weight is 416 g/mol. The molecule has 0 spiro atoms. The van der Waals surface area contributed by atoms with Gasteiger partial charge in [-0.25, -0.2) is 9.78 Å². The van der Waals surface area contributed by atoms with Crippen LogP contribution in [-0.2, 0) is 25.6 Å². The number of rotatable bonds is 6. The molecule has 0 aliphatic heterocycles. The molecule has 1 aromatic carbocycles. The number of para-hydroxylation sites is 1. The topological polar surface area (TPSA) is 99.5 Å². The minimum absolute atomic E-state index is 0.172. The highest BCUT2D eigenvalue weighted by atomic mass is 35.5. The van der Waals surface area contributed by atoms with Gasteiger partial charge in [0.15, 0.2) is 6.10 Å². The summed E-state index contributed by atoms with van der Waals surface area (Å²) in [7, 11) is 1.29. The van der Waals surface area contributed by atoms with Crippen LogP contribution in [0.3, 0.4) is 0 Å². The van der Waals surface area contributed by atoms with E-state index in [0.29, 0.717) is 27.3 Å². The molecular formula is C20H18ClN3O5. The van der Waals surface area contributed by atoms with E-state index in [0.717, 1.165) is 0 Å². The van der Waals surface area contributed by atoms with Crippen LogP contribution in [0.2, 0.25) is 5.02 Å². The molecule has 0 saturated carbocycles. The van der Waals surface area contributed by atoms with Crippen molar-refractivity contribution in [3.63, 3.8) is 0 Å². The van der Waals surface area contributed by atoms with Gasteiger partial charge in [0.25, 0.3) is 5.91 Å². The Morgan fingerprint density at radius 1 is 1.21 bits per heavy atom. The fourth-order valence-corrected chi connectivity index (χ4v) is 2.87. The molecule has 0 aliphatic carbocycles. The number of hydrogen-bond donors (Lipinski definition) is 1. The Balaban J connectivity index is 1.68. The molecule has 0 unspecified atom stereocenters. The standard InChI is InChI=1S/C20H18ClN3O5/c1-12(19(26)23-17-8-7-13(21)9-22-17)29-18(25)11-24-10-15(20(27)28-2)14-5-3-4-6-16(14)24/h3-10,12H,11H2,1-2H3,(H,22,23,26)/t12-/m0/s1. The molecule has 3 rings (SSSR count). The number of esters is 2. The Hall–Kier alpha value is -3.39. The number of hydrogen-bond acceptors (Lipinski definition) is 6. The van der Waals surface area contributed by atoms with Crippen molar-refractivity contribution < 1.29 is 23.9 Å². The second-order valence-corrected chi connectivity index (χ2v) is 6.60. The lowest BCUT2D eigenvalue weighted by molar-refractivity contribution is -0.153. The fraction of sp³-hybridized carbons (Fsp3) is 0.200. The van der Waals surface area contributed by atoms with Crippen molar-refractivity contribution in [2.45, 2.75) is 19.6 Å². The lowest BCUT2D eigenvalue weighted by Gasteiger charge is -2.13. The summed E-state index contributed by atoms with van der Waals surface area (Å²) in [5.74, 6) is -1.37. The summed E-state index contributed by atoms with van der Waals surface area (Å²) in [4.78, 5) is 40.5. The molecule has 9 heteroatoms. The van der Waals surface area contributed by atoms with E-state index in [1.165, 1.54) is 32.5 Å². The molecule has 0 radical (unpaired) electrons. The van der Waals surface area contributed by atoms with Crippen molar-refractivity contribution >= 4 is 46.2 Å². The van der Waals surface area contributed by atoms with E-state index >= 15 is 0 Å². The molecular weight excluding hydrogens is 398 g/mol. The van der Waals surface area contributed by atoms with Crippen molar-refractivity contribution in [1.82, 2.24) is 9.55 Å². The summed E-state index contributed by atoms with van der Waals surface area (Å²) >= 11 is 5.75. The SMILES string of the molecule is COC(=O)c1cn(CC(=O)O[C@@H](C)C(=O)Nc2ccc(Cl)cn2)c2ccccc12. The first-order chi connectivity index (χ1) is 13.9. The largest absolute Gasteiger partial charge is 0.465 e. The molecule has 1 atom stereocenters. The number of fused-ring (bicyclic) bond motifs is 1. The number of amides is 1. The van der Waals surface area contributed by atoms with Crippen molar-refractivity contribution in [2.24, 2.45) is 0 Å². The summed E-state index contributed by atoms with van der Waals surface area (Å²) in [5, 5.41) is 3.64. The Morgan fingerprint density at radius 3 is 2.66 bits per heavy atom. The zero-order chi connectivity index (χ0) is 21.0. The lowest BCUT2D eigenvalue weighted by atomic mass is 10.2. The van der Waals surface area contributed by atoms with E-state index in [-0.39, 0.29) is 6.54 Å². The van der Waals surface area contributed by atoms with E-state index < -0.39 is 23.9 Å². The van der Waals surface area contributed by atoms with Crippen LogP contribution < -0.4 is 5.32 Å². The smallest absolute Gasteiger partial charge is 0.340 e. The van der Waals surface area contributed by atoms with Gasteiger partial charge in [-0.1, -0.05) is 29.8 Å². The highest BCUT2D eigenvalue weighted by molar-refractivity contribution is 6.30. The highest BCUT2D eigenvalue weighted by Gasteiger charge is 2.21. The van der Waals surface area contributed by atoms with E-state index in [2.05, 4.69) is 10.3 Å². The zero-order valence-corrected chi connectivity index (χ0v) is 16.5. The predicted octanol–water partition coefficient (Wildman–Crippen LogP) is 3.05.